The maximum atomic E-state index is 13.8. The zero-order chi connectivity index (χ0) is 23.4. The van der Waals surface area contributed by atoms with Crippen LogP contribution in [0.15, 0.2) is 86.6 Å². The average Bonchev–Trinajstić information content (AvgIpc) is 3.47. The van der Waals surface area contributed by atoms with Crippen molar-refractivity contribution in [2.75, 3.05) is 16.8 Å². The van der Waals surface area contributed by atoms with E-state index >= 15 is 0 Å². The minimum absolute atomic E-state index is 0.0552. The molecule has 2 aliphatic heterocycles. The fourth-order valence-electron chi connectivity index (χ4n) is 4.01. The van der Waals surface area contributed by atoms with Gasteiger partial charge in [0, 0.05) is 11.9 Å². The number of hydrogen-bond acceptors (Lipinski definition) is 7. The summed E-state index contributed by atoms with van der Waals surface area (Å²) < 4.78 is 1.14. The highest BCUT2D eigenvalue weighted by atomic mass is 32.2. The summed E-state index contributed by atoms with van der Waals surface area (Å²) in [5, 5.41) is 2.61. The number of fused-ring (bicyclic) bond motifs is 2. The Labute approximate surface area is 210 Å². The summed E-state index contributed by atoms with van der Waals surface area (Å²) >= 11 is 4.73. The van der Waals surface area contributed by atoms with Crippen LogP contribution in [0.1, 0.15) is 10.6 Å². The van der Waals surface area contributed by atoms with Gasteiger partial charge >= 0.3 is 0 Å². The molecule has 1 saturated heterocycles. The third-order valence-electron chi connectivity index (χ3n) is 5.71. The van der Waals surface area contributed by atoms with Crippen molar-refractivity contribution in [3.63, 3.8) is 0 Å². The first-order valence-electron chi connectivity index (χ1n) is 10.8. The Morgan fingerprint density at radius 2 is 1.74 bits per heavy atom. The summed E-state index contributed by atoms with van der Waals surface area (Å²) in [5.41, 5.74) is 4.78. The molecule has 0 unspecified atom stereocenters. The molecule has 168 valence electrons. The van der Waals surface area contributed by atoms with Gasteiger partial charge in [-0.3, -0.25) is 9.69 Å². The minimum atomic E-state index is -0.0552. The highest BCUT2D eigenvalue weighted by Gasteiger charge is 2.40. The normalized spacial score (nSPS) is 19.0. The summed E-state index contributed by atoms with van der Waals surface area (Å²) in [4.78, 5) is 29.0. The van der Waals surface area contributed by atoms with E-state index in [0.717, 1.165) is 47.8 Å². The van der Waals surface area contributed by atoms with Crippen LogP contribution in [0, 0.1) is 13.8 Å². The topological polar surface area (TPSA) is 48.8 Å². The molecule has 0 aliphatic carbocycles. The average molecular weight is 501 g/mol. The van der Waals surface area contributed by atoms with E-state index < -0.39 is 0 Å². The Bertz CT molecular complexity index is 1520. The van der Waals surface area contributed by atoms with Gasteiger partial charge in [-0.1, -0.05) is 41.6 Å². The van der Waals surface area contributed by atoms with Crippen molar-refractivity contribution in [2.45, 2.75) is 18.7 Å². The Morgan fingerprint density at radius 3 is 2.53 bits per heavy atom. The standard InChI is InChI=1S/C26H20N4OS3/c1-15-8-11-18(12-9-15)30-24(31)23(25-29(3)20-6-4-5-7-22(20)33-25)34-26(30)28-17-10-13-21-19(14-17)27-16(2)32-21/h4-14H,1-3H3/b25-23-,28-26?. The molecule has 0 atom stereocenters. The molecule has 3 heterocycles. The number of aromatic nitrogens is 1. The molecular weight excluding hydrogens is 481 g/mol. The van der Waals surface area contributed by atoms with Crippen LogP contribution in [-0.4, -0.2) is 23.1 Å². The van der Waals surface area contributed by atoms with Gasteiger partial charge in [0.05, 0.1) is 37.3 Å². The van der Waals surface area contributed by atoms with Gasteiger partial charge in [-0.2, -0.15) is 0 Å². The first-order valence-corrected chi connectivity index (χ1v) is 13.2. The van der Waals surface area contributed by atoms with Gasteiger partial charge in [-0.15, -0.1) is 11.3 Å². The molecule has 1 aromatic heterocycles. The van der Waals surface area contributed by atoms with Crippen LogP contribution in [0.3, 0.4) is 0 Å². The number of para-hydroxylation sites is 1. The minimum Gasteiger partial charge on any atom is -0.337 e. The molecule has 2 aliphatic rings. The molecule has 0 saturated carbocycles. The quantitative estimate of drug-likeness (QED) is 0.275. The summed E-state index contributed by atoms with van der Waals surface area (Å²) in [7, 11) is 2.01. The van der Waals surface area contributed by atoms with E-state index in [1.54, 1.807) is 28.0 Å². The van der Waals surface area contributed by atoms with E-state index in [0.29, 0.717) is 10.1 Å². The lowest BCUT2D eigenvalue weighted by atomic mass is 10.2. The molecule has 5 nitrogen and oxygen atoms in total. The number of amides is 1. The highest BCUT2D eigenvalue weighted by molar-refractivity contribution is 8.20. The van der Waals surface area contributed by atoms with Crippen molar-refractivity contribution in [1.82, 2.24) is 4.98 Å². The van der Waals surface area contributed by atoms with Gasteiger partial charge in [-0.05, 0) is 68.1 Å². The molecule has 0 N–H and O–H groups in total. The van der Waals surface area contributed by atoms with Gasteiger partial charge in [0.1, 0.15) is 4.91 Å². The number of rotatable bonds is 2. The molecule has 1 amide bonds. The van der Waals surface area contributed by atoms with Crippen molar-refractivity contribution in [1.29, 1.82) is 0 Å². The first kappa shape index (κ1) is 21.5. The van der Waals surface area contributed by atoms with Crippen LogP contribution >= 0.6 is 34.9 Å². The lowest BCUT2D eigenvalue weighted by Gasteiger charge is -2.17. The van der Waals surface area contributed by atoms with Crippen LogP contribution in [0.25, 0.3) is 10.2 Å². The number of thiazole rings is 1. The number of benzene rings is 3. The molecule has 0 radical (unpaired) electrons. The summed E-state index contributed by atoms with van der Waals surface area (Å²) in [6.07, 6.45) is 0. The van der Waals surface area contributed by atoms with Gasteiger partial charge in [-0.25, -0.2) is 9.98 Å². The Balaban J connectivity index is 1.46. The lowest BCUT2D eigenvalue weighted by Crippen LogP contribution is -2.29. The largest absolute Gasteiger partial charge is 0.337 e. The van der Waals surface area contributed by atoms with E-state index in [9.17, 15) is 4.79 Å². The number of aliphatic imine (C=N–C) groups is 1. The van der Waals surface area contributed by atoms with Crippen molar-refractivity contribution >= 4 is 73.2 Å². The third-order valence-corrected chi connectivity index (χ3v) is 9.06. The lowest BCUT2D eigenvalue weighted by molar-refractivity contribution is -0.113. The van der Waals surface area contributed by atoms with Crippen molar-refractivity contribution in [3.8, 4) is 0 Å². The smallest absolute Gasteiger partial charge is 0.274 e. The van der Waals surface area contributed by atoms with E-state index in [4.69, 9.17) is 4.99 Å². The van der Waals surface area contributed by atoms with Crippen molar-refractivity contribution in [2.24, 2.45) is 4.99 Å². The van der Waals surface area contributed by atoms with Crippen molar-refractivity contribution in [3.05, 3.63) is 87.2 Å². The van der Waals surface area contributed by atoms with E-state index in [2.05, 4.69) is 22.0 Å². The van der Waals surface area contributed by atoms with Crippen LogP contribution in [0.4, 0.5) is 17.1 Å². The second-order valence-corrected chi connectivity index (χ2v) is 11.4. The Hall–Kier alpha value is -3.07. The van der Waals surface area contributed by atoms with Gasteiger partial charge in [0.25, 0.3) is 5.91 Å². The number of anilines is 2. The molecule has 6 rings (SSSR count). The second-order valence-electron chi connectivity index (χ2n) is 8.12. The van der Waals surface area contributed by atoms with Crippen LogP contribution in [-0.2, 0) is 4.79 Å². The fraction of sp³-hybridized carbons (Fsp3) is 0.115. The maximum Gasteiger partial charge on any atom is 0.274 e. The number of carbonyl (C=O) groups excluding carboxylic acids is 1. The molecule has 1 fully saturated rings. The number of amidine groups is 1. The zero-order valence-corrected chi connectivity index (χ0v) is 21.2. The van der Waals surface area contributed by atoms with Gasteiger partial charge in [0.15, 0.2) is 5.17 Å². The molecule has 4 aromatic rings. The summed E-state index contributed by atoms with van der Waals surface area (Å²) in [6, 6.07) is 22.2. The molecule has 0 bridgehead atoms. The zero-order valence-electron chi connectivity index (χ0n) is 18.8. The Morgan fingerprint density at radius 1 is 0.941 bits per heavy atom. The molecular formula is C26H20N4OS3. The number of aryl methyl sites for hydroxylation is 2. The highest BCUT2D eigenvalue weighted by Crippen LogP contribution is 2.50. The molecule has 0 spiro atoms. The van der Waals surface area contributed by atoms with Crippen LogP contribution < -0.4 is 9.80 Å². The number of hydrogen-bond donors (Lipinski definition) is 0. The maximum absolute atomic E-state index is 13.8. The predicted molar refractivity (Wildman–Crippen MR) is 145 cm³/mol. The third kappa shape index (κ3) is 3.62. The van der Waals surface area contributed by atoms with Gasteiger partial charge in [0.2, 0.25) is 0 Å². The SMILES string of the molecule is Cc1ccc(N2C(=O)/C(=C3/Sc4ccccc4N3C)SC2=Nc2ccc3sc(C)nc3c2)cc1. The Kier molecular flexibility index (Phi) is 5.24. The number of nitrogens with zero attached hydrogens (tertiary/aromatic N) is 4. The molecule has 3 aromatic carbocycles. The van der Waals surface area contributed by atoms with Crippen LogP contribution in [0.5, 0.6) is 0 Å². The van der Waals surface area contributed by atoms with Gasteiger partial charge < -0.3 is 4.90 Å². The number of carbonyl (C=O) groups is 1. The second kappa shape index (κ2) is 8.30. The first-order chi connectivity index (χ1) is 16.5. The van der Waals surface area contributed by atoms with E-state index in [1.165, 1.54) is 11.8 Å². The molecule has 34 heavy (non-hydrogen) atoms. The van der Waals surface area contributed by atoms with E-state index in [-0.39, 0.29) is 5.91 Å². The summed E-state index contributed by atoms with van der Waals surface area (Å²) in [6.45, 7) is 4.05. The molecule has 8 heteroatoms. The van der Waals surface area contributed by atoms with Crippen LogP contribution in [0.2, 0.25) is 0 Å². The predicted octanol–water partition coefficient (Wildman–Crippen LogP) is 7.09. The number of thioether (sulfide) groups is 2. The van der Waals surface area contributed by atoms with E-state index in [1.807, 2.05) is 75.5 Å². The summed E-state index contributed by atoms with van der Waals surface area (Å²) in [5.74, 6) is -0.0552. The monoisotopic (exact) mass is 500 g/mol. The van der Waals surface area contributed by atoms with Crippen molar-refractivity contribution < 1.29 is 4.79 Å². The fourth-order valence-corrected chi connectivity index (χ4v) is 7.16.